The van der Waals surface area contributed by atoms with E-state index in [4.69, 9.17) is 0 Å². The number of hydrogen-bond donors (Lipinski definition) is 1. The lowest BCUT2D eigenvalue weighted by Gasteiger charge is -2.34. The van der Waals surface area contributed by atoms with Crippen LogP contribution in [-0.2, 0) is 0 Å². The lowest BCUT2D eigenvalue weighted by molar-refractivity contribution is 0.00224. The molecule has 0 aromatic heterocycles. The lowest BCUT2D eigenvalue weighted by atomic mass is 9.77. The first-order valence-electron chi connectivity index (χ1n) is 5.40. The molecule has 15 heavy (non-hydrogen) atoms. The molecular formula is C14H20O. The predicted molar refractivity (Wildman–Crippen MR) is 64.8 cm³/mol. The van der Waals surface area contributed by atoms with E-state index in [9.17, 15) is 5.11 Å². The number of benzene rings is 1. The second kappa shape index (κ2) is 4.63. The van der Waals surface area contributed by atoms with Crippen LogP contribution in [0, 0.1) is 5.92 Å². The Morgan fingerprint density at radius 1 is 1.27 bits per heavy atom. The fraction of sp³-hybridized carbons (Fsp3) is 0.429. The summed E-state index contributed by atoms with van der Waals surface area (Å²) in [5.74, 6) is 0.180. The highest BCUT2D eigenvalue weighted by atomic mass is 16.3. The Hall–Kier alpha value is -1.08. The van der Waals surface area contributed by atoms with E-state index in [1.165, 1.54) is 0 Å². The van der Waals surface area contributed by atoms with Gasteiger partial charge in [0.05, 0.1) is 5.60 Å². The van der Waals surface area contributed by atoms with E-state index >= 15 is 0 Å². The molecule has 0 aliphatic heterocycles. The van der Waals surface area contributed by atoms with E-state index in [0.29, 0.717) is 0 Å². The third kappa shape index (κ3) is 2.48. The Labute approximate surface area is 92.5 Å². The summed E-state index contributed by atoms with van der Waals surface area (Å²) < 4.78 is 0. The maximum atomic E-state index is 10.4. The van der Waals surface area contributed by atoms with Gasteiger partial charge >= 0.3 is 0 Å². The molecule has 1 N–H and O–H groups in total. The van der Waals surface area contributed by atoms with Crippen LogP contribution in [0.5, 0.6) is 0 Å². The van der Waals surface area contributed by atoms with Crippen molar-refractivity contribution in [2.75, 3.05) is 0 Å². The van der Waals surface area contributed by atoms with Crippen molar-refractivity contribution in [3.63, 3.8) is 0 Å². The van der Waals surface area contributed by atoms with Gasteiger partial charge in [0.15, 0.2) is 0 Å². The SMILES string of the molecule is C=C[C@@H](C)[C@@](C)(O)[C@H](C)c1ccccc1. The van der Waals surface area contributed by atoms with Crippen LogP contribution in [0.4, 0.5) is 0 Å². The number of hydrogen-bond acceptors (Lipinski definition) is 1. The first-order valence-corrected chi connectivity index (χ1v) is 5.40. The minimum atomic E-state index is -0.747. The Morgan fingerprint density at radius 3 is 2.27 bits per heavy atom. The average Bonchev–Trinajstić information content (AvgIpc) is 2.28. The van der Waals surface area contributed by atoms with Gasteiger partial charge in [0.25, 0.3) is 0 Å². The van der Waals surface area contributed by atoms with Crippen LogP contribution in [-0.4, -0.2) is 10.7 Å². The molecular weight excluding hydrogens is 184 g/mol. The summed E-state index contributed by atoms with van der Waals surface area (Å²) in [5.41, 5.74) is 0.416. The number of aliphatic hydroxyl groups is 1. The van der Waals surface area contributed by atoms with Crippen molar-refractivity contribution in [1.29, 1.82) is 0 Å². The zero-order chi connectivity index (χ0) is 11.5. The molecule has 0 saturated heterocycles. The number of rotatable bonds is 4. The molecule has 1 aromatic rings. The second-order valence-electron chi connectivity index (χ2n) is 4.38. The maximum absolute atomic E-state index is 10.4. The molecule has 1 heteroatoms. The van der Waals surface area contributed by atoms with Gasteiger partial charge < -0.3 is 5.11 Å². The van der Waals surface area contributed by atoms with Gasteiger partial charge in [-0.15, -0.1) is 6.58 Å². The zero-order valence-electron chi connectivity index (χ0n) is 9.77. The highest BCUT2D eigenvalue weighted by Gasteiger charge is 2.33. The van der Waals surface area contributed by atoms with E-state index in [1.54, 1.807) is 6.08 Å². The first kappa shape index (κ1) is 12.0. The average molecular weight is 204 g/mol. The second-order valence-corrected chi connectivity index (χ2v) is 4.38. The van der Waals surface area contributed by atoms with E-state index in [-0.39, 0.29) is 11.8 Å². The molecule has 1 nitrogen and oxygen atoms in total. The summed E-state index contributed by atoms with van der Waals surface area (Å²) in [5, 5.41) is 10.4. The largest absolute Gasteiger partial charge is 0.389 e. The van der Waals surface area contributed by atoms with Gasteiger partial charge in [-0.1, -0.05) is 50.3 Å². The first-order chi connectivity index (χ1) is 7.00. The van der Waals surface area contributed by atoms with Crippen LogP contribution in [0.1, 0.15) is 32.3 Å². The Balaban J connectivity index is 2.93. The third-order valence-corrected chi connectivity index (χ3v) is 3.45. The summed E-state index contributed by atoms with van der Waals surface area (Å²) in [6.07, 6.45) is 1.80. The molecule has 0 unspecified atom stereocenters. The minimum absolute atomic E-state index is 0.0766. The molecule has 82 valence electrons. The third-order valence-electron chi connectivity index (χ3n) is 3.45. The van der Waals surface area contributed by atoms with Crippen LogP contribution in [0.2, 0.25) is 0 Å². The van der Waals surface area contributed by atoms with Gasteiger partial charge in [0.2, 0.25) is 0 Å². The van der Waals surface area contributed by atoms with Gasteiger partial charge in [-0.3, -0.25) is 0 Å². The van der Waals surface area contributed by atoms with E-state index in [0.717, 1.165) is 5.56 Å². The van der Waals surface area contributed by atoms with E-state index in [2.05, 4.69) is 25.6 Å². The maximum Gasteiger partial charge on any atom is 0.0744 e. The van der Waals surface area contributed by atoms with Gasteiger partial charge in [-0.2, -0.15) is 0 Å². The molecule has 0 aliphatic rings. The zero-order valence-corrected chi connectivity index (χ0v) is 9.77. The molecule has 0 heterocycles. The normalized spacial score (nSPS) is 18.9. The van der Waals surface area contributed by atoms with Crippen molar-refractivity contribution >= 4 is 0 Å². The molecule has 1 rings (SSSR count). The van der Waals surface area contributed by atoms with Crippen LogP contribution >= 0.6 is 0 Å². The van der Waals surface area contributed by atoms with Crippen LogP contribution < -0.4 is 0 Å². The van der Waals surface area contributed by atoms with E-state index in [1.807, 2.05) is 32.0 Å². The Morgan fingerprint density at radius 2 is 1.80 bits per heavy atom. The smallest absolute Gasteiger partial charge is 0.0744 e. The highest BCUT2D eigenvalue weighted by Crippen LogP contribution is 2.33. The fourth-order valence-corrected chi connectivity index (χ4v) is 1.71. The Kier molecular flexibility index (Phi) is 3.70. The molecule has 0 amide bonds. The van der Waals surface area contributed by atoms with Gasteiger partial charge in [-0.05, 0) is 12.5 Å². The van der Waals surface area contributed by atoms with Crippen LogP contribution in [0.25, 0.3) is 0 Å². The van der Waals surface area contributed by atoms with Crippen molar-refractivity contribution in [3.8, 4) is 0 Å². The molecule has 0 saturated carbocycles. The van der Waals surface area contributed by atoms with Crippen molar-refractivity contribution < 1.29 is 5.11 Å². The molecule has 3 atom stereocenters. The quantitative estimate of drug-likeness (QED) is 0.746. The predicted octanol–water partition coefficient (Wildman–Crippen LogP) is 3.36. The molecule has 1 aromatic carbocycles. The van der Waals surface area contributed by atoms with Crippen LogP contribution in [0.3, 0.4) is 0 Å². The van der Waals surface area contributed by atoms with Crippen molar-refractivity contribution in [1.82, 2.24) is 0 Å². The molecule has 0 radical (unpaired) electrons. The van der Waals surface area contributed by atoms with Gasteiger partial charge in [0.1, 0.15) is 0 Å². The fourth-order valence-electron chi connectivity index (χ4n) is 1.71. The summed E-state index contributed by atoms with van der Waals surface area (Å²) in [6, 6.07) is 10.1. The minimum Gasteiger partial charge on any atom is -0.389 e. The summed E-state index contributed by atoms with van der Waals surface area (Å²) >= 11 is 0. The monoisotopic (exact) mass is 204 g/mol. The topological polar surface area (TPSA) is 20.2 Å². The van der Waals surface area contributed by atoms with Gasteiger partial charge in [0, 0.05) is 11.8 Å². The van der Waals surface area contributed by atoms with Gasteiger partial charge in [-0.25, -0.2) is 0 Å². The molecule has 0 spiro atoms. The van der Waals surface area contributed by atoms with Crippen molar-refractivity contribution in [2.45, 2.75) is 32.3 Å². The summed E-state index contributed by atoms with van der Waals surface area (Å²) in [6.45, 7) is 9.66. The molecule has 0 fully saturated rings. The molecule has 0 bridgehead atoms. The highest BCUT2D eigenvalue weighted by molar-refractivity contribution is 5.22. The standard InChI is InChI=1S/C14H20O/c1-5-11(2)14(4,15)12(3)13-9-7-6-8-10-13/h5-12,15H,1H2,2-4H3/t11-,12-,14-/m1/s1. The van der Waals surface area contributed by atoms with Crippen molar-refractivity contribution in [3.05, 3.63) is 48.6 Å². The molecule has 0 aliphatic carbocycles. The summed E-state index contributed by atoms with van der Waals surface area (Å²) in [4.78, 5) is 0. The van der Waals surface area contributed by atoms with E-state index < -0.39 is 5.60 Å². The van der Waals surface area contributed by atoms with Crippen molar-refractivity contribution in [2.24, 2.45) is 5.92 Å². The summed E-state index contributed by atoms with van der Waals surface area (Å²) in [7, 11) is 0. The van der Waals surface area contributed by atoms with Crippen LogP contribution in [0.15, 0.2) is 43.0 Å². The Bertz CT molecular complexity index is 313. The lowest BCUT2D eigenvalue weighted by Crippen LogP contribution is -2.37.